The maximum atomic E-state index is 13.6. The number of aliphatic hydroxyl groups is 10. The zero-order valence-corrected chi connectivity index (χ0v) is 28.6. The predicted octanol–water partition coefficient (Wildman–Crippen LogP) is -3.57. The van der Waals surface area contributed by atoms with Gasteiger partial charge in [0, 0.05) is 17.7 Å². The van der Waals surface area contributed by atoms with Crippen LogP contribution in [0.5, 0.6) is 23.0 Å². The number of phenolic OH excluding ortho intramolecular Hbond substituents is 2. The first-order valence-electron chi connectivity index (χ1n) is 16.8. The number of aromatic hydroxyl groups is 2. The highest BCUT2D eigenvalue weighted by Crippen LogP contribution is 2.46. The van der Waals surface area contributed by atoms with Gasteiger partial charge >= 0.3 is 0 Å². The van der Waals surface area contributed by atoms with Crippen molar-refractivity contribution < 1.29 is 94.1 Å². The molecule has 1 aromatic heterocycles. The SMILES string of the molecule is COc1cc(-c2cc(=O)c3c(O)c([C@@H]4O[C@H](CO)[C@@H](O)[C@H](O)[C@H]4O)c(O[C@@H]4O[C@H](CO)[C@@H](O)[C@H](O)[C@H]4O[C@@H]4O[C@@H](C)[C@H](O)[C@@H](O)[C@H]4O)cc3o2)ccc1O. The Labute approximate surface area is 304 Å². The van der Waals surface area contributed by atoms with E-state index >= 15 is 0 Å². The molecular formula is C34H42O20. The fraction of sp³-hybridized carbons (Fsp3) is 0.559. The molecule has 0 aliphatic carbocycles. The first-order valence-corrected chi connectivity index (χ1v) is 16.8. The summed E-state index contributed by atoms with van der Waals surface area (Å²) in [4.78, 5) is 13.6. The third kappa shape index (κ3) is 7.10. The Kier molecular flexibility index (Phi) is 11.7. The van der Waals surface area contributed by atoms with Crippen LogP contribution in [-0.2, 0) is 18.9 Å². The Morgan fingerprint density at radius 2 is 1.35 bits per heavy atom. The second kappa shape index (κ2) is 15.8. The van der Waals surface area contributed by atoms with Crippen LogP contribution < -0.4 is 14.9 Å². The van der Waals surface area contributed by atoms with E-state index in [1.165, 1.54) is 32.2 Å². The summed E-state index contributed by atoms with van der Waals surface area (Å²) in [5, 5.41) is 126. The molecule has 3 fully saturated rings. The first kappa shape index (κ1) is 40.0. The van der Waals surface area contributed by atoms with Gasteiger partial charge in [0.2, 0.25) is 6.29 Å². The van der Waals surface area contributed by atoms with E-state index in [0.29, 0.717) is 0 Å². The van der Waals surface area contributed by atoms with Gasteiger partial charge in [-0.25, -0.2) is 0 Å². The molecular weight excluding hydrogens is 728 g/mol. The predicted molar refractivity (Wildman–Crippen MR) is 176 cm³/mol. The van der Waals surface area contributed by atoms with Crippen molar-refractivity contribution in [3.05, 3.63) is 46.1 Å². The van der Waals surface area contributed by atoms with E-state index in [1.54, 1.807) is 0 Å². The number of rotatable bonds is 9. The standard InChI is InChI=1S/C34H42O20/c1-10-22(39)26(43)30(47)33(49-10)54-32-28(45)24(41)19(9-36)53-34(32)52-17-7-16-20(13(38)6-14(50-16)11-3-4-12(37)15(5-11)48-2)25(42)21(17)31-29(46)27(44)23(40)18(8-35)51-31/h3-7,10,18-19,22-24,26-37,39-47H,8-9H2,1-2H3/t10-,18+,19+,22-,23+,24+,26+,27-,28-,29+,30+,31-,32+,33-,34+/m0/s1. The Hall–Kier alpha value is -3.71. The van der Waals surface area contributed by atoms with Crippen molar-refractivity contribution in [3.63, 3.8) is 0 Å². The lowest BCUT2D eigenvalue weighted by atomic mass is 9.89. The molecule has 12 N–H and O–H groups in total. The Morgan fingerprint density at radius 1 is 0.704 bits per heavy atom. The van der Waals surface area contributed by atoms with Gasteiger partial charge in [0.05, 0.1) is 32.0 Å². The summed E-state index contributed by atoms with van der Waals surface area (Å²) in [5.74, 6) is -1.76. The minimum Gasteiger partial charge on any atom is -0.506 e. The lowest BCUT2D eigenvalue weighted by Gasteiger charge is -2.46. The fourth-order valence-corrected chi connectivity index (χ4v) is 6.68. The number of aliphatic hydroxyl groups excluding tert-OH is 10. The summed E-state index contributed by atoms with van der Waals surface area (Å²) in [7, 11) is 1.30. The third-order valence-electron chi connectivity index (χ3n) is 9.80. The molecule has 4 heterocycles. The average Bonchev–Trinajstić information content (AvgIpc) is 3.15. The van der Waals surface area contributed by atoms with Crippen LogP contribution in [0.2, 0.25) is 0 Å². The summed E-state index contributed by atoms with van der Waals surface area (Å²) in [6.07, 6.45) is -26.5. The molecule has 0 bridgehead atoms. The zero-order chi connectivity index (χ0) is 39.3. The van der Waals surface area contributed by atoms with E-state index in [1.807, 2.05) is 0 Å². The molecule has 20 nitrogen and oxygen atoms in total. The van der Waals surface area contributed by atoms with Gasteiger partial charge < -0.3 is 94.1 Å². The van der Waals surface area contributed by atoms with Gasteiger partial charge in [-0.05, 0) is 25.1 Å². The molecule has 20 heteroatoms. The maximum absolute atomic E-state index is 13.6. The van der Waals surface area contributed by atoms with Crippen molar-refractivity contribution in [2.45, 2.75) is 98.9 Å². The highest BCUT2D eigenvalue weighted by atomic mass is 16.8. The third-order valence-corrected chi connectivity index (χ3v) is 9.80. The van der Waals surface area contributed by atoms with Gasteiger partial charge in [-0.3, -0.25) is 4.79 Å². The molecule has 2 aromatic carbocycles. The minimum atomic E-state index is -2.04. The summed E-state index contributed by atoms with van der Waals surface area (Å²) in [5.41, 5.74) is -1.53. The van der Waals surface area contributed by atoms with Crippen LogP contribution in [0, 0.1) is 0 Å². The largest absolute Gasteiger partial charge is 0.506 e. The molecule has 3 saturated heterocycles. The molecule has 3 aromatic rings. The molecule has 54 heavy (non-hydrogen) atoms. The van der Waals surface area contributed by atoms with Crippen molar-refractivity contribution in [1.29, 1.82) is 0 Å². The maximum Gasteiger partial charge on any atom is 0.229 e. The first-order chi connectivity index (χ1) is 25.6. The zero-order valence-electron chi connectivity index (χ0n) is 28.6. The van der Waals surface area contributed by atoms with Gasteiger partial charge in [0.15, 0.2) is 29.3 Å². The van der Waals surface area contributed by atoms with Crippen molar-refractivity contribution in [3.8, 4) is 34.3 Å². The molecule has 3 aliphatic heterocycles. The van der Waals surface area contributed by atoms with Crippen molar-refractivity contribution in [2.24, 2.45) is 0 Å². The van der Waals surface area contributed by atoms with Gasteiger partial charge in [-0.2, -0.15) is 0 Å². The van der Waals surface area contributed by atoms with Crippen LogP contribution in [0.3, 0.4) is 0 Å². The molecule has 0 amide bonds. The smallest absolute Gasteiger partial charge is 0.229 e. The molecule has 0 saturated carbocycles. The highest BCUT2D eigenvalue weighted by Gasteiger charge is 2.52. The molecule has 3 aliphatic rings. The number of methoxy groups -OCH3 is 1. The van der Waals surface area contributed by atoms with Gasteiger partial charge in [0.1, 0.15) is 95.4 Å². The van der Waals surface area contributed by atoms with Crippen LogP contribution in [-0.4, -0.2) is 167 Å². The lowest BCUT2D eigenvalue weighted by Crippen LogP contribution is -2.64. The monoisotopic (exact) mass is 770 g/mol. The van der Waals surface area contributed by atoms with E-state index in [0.717, 1.165) is 12.1 Å². The van der Waals surface area contributed by atoms with E-state index < -0.39 is 133 Å². The number of hydrogen-bond donors (Lipinski definition) is 12. The van der Waals surface area contributed by atoms with E-state index in [2.05, 4.69) is 0 Å². The number of hydrogen-bond acceptors (Lipinski definition) is 20. The molecule has 0 unspecified atom stereocenters. The Balaban J connectivity index is 1.50. The van der Waals surface area contributed by atoms with Gasteiger partial charge in [0.25, 0.3) is 0 Å². The number of ether oxygens (including phenoxy) is 6. The molecule has 6 rings (SSSR count). The highest BCUT2D eigenvalue weighted by molar-refractivity contribution is 5.88. The van der Waals surface area contributed by atoms with E-state index in [4.69, 9.17) is 32.8 Å². The Morgan fingerprint density at radius 3 is 2.02 bits per heavy atom. The van der Waals surface area contributed by atoms with Crippen LogP contribution in [0.4, 0.5) is 0 Å². The molecule has 15 atom stereocenters. The second-order valence-corrected chi connectivity index (χ2v) is 13.2. The molecule has 298 valence electrons. The summed E-state index contributed by atoms with van der Waals surface area (Å²) < 4.78 is 39.9. The van der Waals surface area contributed by atoms with Crippen molar-refractivity contribution in [1.82, 2.24) is 0 Å². The topological polar surface area (TPSA) is 328 Å². The van der Waals surface area contributed by atoms with Crippen LogP contribution in [0.1, 0.15) is 18.6 Å². The van der Waals surface area contributed by atoms with Crippen molar-refractivity contribution in [2.75, 3.05) is 20.3 Å². The van der Waals surface area contributed by atoms with Gasteiger partial charge in [-0.15, -0.1) is 0 Å². The number of phenols is 2. The minimum absolute atomic E-state index is 0.0308. The number of fused-ring (bicyclic) bond motifs is 1. The average molecular weight is 771 g/mol. The summed E-state index contributed by atoms with van der Waals surface area (Å²) in [6, 6.07) is 6.08. The number of benzene rings is 2. The van der Waals surface area contributed by atoms with Gasteiger partial charge in [-0.1, -0.05) is 0 Å². The summed E-state index contributed by atoms with van der Waals surface area (Å²) >= 11 is 0. The molecule has 0 spiro atoms. The molecule has 0 radical (unpaired) electrons. The Bertz CT molecular complexity index is 1850. The normalized spacial score (nSPS) is 37.3. The van der Waals surface area contributed by atoms with Crippen molar-refractivity contribution >= 4 is 11.0 Å². The van der Waals surface area contributed by atoms with Crippen LogP contribution in [0.15, 0.2) is 39.5 Å². The second-order valence-electron chi connectivity index (χ2n) is 13.2. The van der Waals surface area contributed by atoms with Crippen LogP contribution in [0.25, 0.3) is 22.3 Å². The van der Waals surface area contributed by atoms with Crippen LogP contribution >= 0.6 is 0 Å². The van der Waals surface area contributed by atoms with E-state index in [-0.39, 0.29) is 28.4 Å². The quantitative estimate of drug-likeness (QED) is 0.100. The fourth-order valence-electron chi connectivity index (χ4n) is 6.68. The lowest BCUT2D eigenvalue weighted by molar-refractivity contribution is -0.354. The summed E-state index contributed by atoms with van der Waals surface area (Å²) in [6.45, 7) is -0.401. The van der Waals surface area contributed by atoms with E-state index in [9.17, 15) is 66.1 Å².